The predicted molar refractivity (Wildman–Crippen MR) is 122 cm³/mol. The van der Waals surface area contributed by atoms with Gasteiger partial charge in [0.25, 0.3) is 5.88 Å². The van der Waals surface area contributed by atoms with Crippen LogP contribution in [0.15, 0.2) is 66.3 Å². The number of piperidine rings is 1. The van der Waals surface area contributed by atoms with Crippen molar-refractivity contribution in [1.82, 2.24) is 19.9 Å². The van der Waals surface area contributed by atoms with Crippen LogP contribution in [0.1, 0.15) is 24.0 Å². The molecule has 4 rings (SSSR count). The van der Waals surface area contributed by atoms with E-state index in [1.165, 1.54) is 6.33 Å². The largest absolute Gasteiger partial charge is 0.474 e. The Bertz CT molecular complexity index is 1070. The van der Waals surface area contributed by atoms with Crippen LogP contribution >= 0.6 is 0 Å². The zero-order chi connectivity index (χ0) is 22.9. The molecular formula is C24H25N5O4. The number of para-hydroxylation sites is 1. The summed E-state index contributed by atoms with van der Waals surface area (Å²) in [4.78, 5) is 31.9. The molecule has 0 saturated carbocycles. The monoisotopic (exact) mass is 447 g/mol. The first kappa shape index (κ1) is 22.2. The second-order valence-electron chi connectivity index (χ2n) is 7.54. The molecule has 0 spiro atoms. The van der Waals surface area contributed by atoms with Crippen molar-refractivity contribution in [1.29, 1.82) is 0 Å². The van der Waals surface area contributed by atoms with E-state index >= 15 is 0 Å². The summed E-state index contributed by atoms with van der Waals surface area (Å²) in [5.41, 5.74) is 1.70. The molecule has 0 unspecified atom stereocenters. The van der Waals surface area contributed by atoms with Crippen LogP contribution in [0, 0.1) is 6.92 Å². The van der Waals surface area contributed by atoms with Crippen LogP contribution in [-0.4, -0.2) is 51.4 Å². The van der Waals surface area contributed by atoms with Crippen molar-refractivity contribution >= 4 is 12.3 Å². The van der Waals surface area contributed by atoms with Gasteiger partial charge in [-0.05, 0) is 30.7 Å². The molecule has 1 fully saturated rings. The third kappa shape index (κ3) is 6.25. The van der Waals surface area contributed by atoms with E-state index < -0.39 is 0 Å². The highest BCUT2D eigenvalue weighted by atomic mass is 16.6. The standard InChI is InChI=1S/C24H25N5O4/c1-18-22(26-17-27-23(18)33-28-13-9-19-6-5-12-25-16-19)31-21-10-14-29(15-11-21)24(30)32-20-7-3-2-4-8-20/h2-8,12-13,16-17,21H,9-11,14-15H2,1H3. The first-order valence-electron chi connectivity index (χ1n) is 10.8. The summed E-state index contributed by atoms with van der Waals surface area (Å²) < 4.78 is 11.5. The second kappa shape index (κ2) is 11.0. The fourth-order valence-electron chi connectivity index (χ4n) is 3.35. The van der Waals surface area contributed by atoms with Gasteiger partial charge >= 0.3 is 6.09 Å². The Morgan fingerprint density at radius 2 is 1.91 bits per heavy atom. The summed E-state index contributed by atoms with van der Waals surface area (Å²) in [6, 6.07) is 12.9. The molecule has 0 bridgehead atoms. The van der Waals surface area contributed by atoms with Crippen LogP contribution in [0.5, 0.6) is 17.5 Å². The van der Waals surface area contributed by atoms with Crippen molar-refractivity contribution in [3.63, 3.8) is 0 Å². The summed E-state index contributed by atoms with van der Waals surface area (Å²) in [7, 11) is 0. The zero-order valence-corrected chi connectivity index (χ0v) is 18.3. The second-order valence-corrected chi connectivity index (χ2v) is 7.54. The predicted octanol–water partition coefficient (Wildman–Crippen LogP) is 3.83. The zero-order valence-electron chi connectivity index (χ0n) is 18.3. The number of hydrogen-bond acceptors (Lipinski definition) is 8. The van der Waals surface area contributed by atoms with E-state index in [2.05, 4.69) is 20.1 Å². The van der Waals surface area contributed by atoms with E-state index in [1.807, 2.05) is 37.3 Å². The van der Waals surface area contributed by atoms with Crippen molar-refractivity contribution in [2.24, 2.45) is 5.16 Å². The van der Waals surface area contributed by atoms with E-state index in [4.69, 9.17) is 14.3 Å². The van der Waals surface area contributed by atoms with E-state index in [1.54, 1.807) is 35.6 Å². The number of carbonyl (C=O) groups is 1. The highest BCUT2D eigenvalue weighted by Crippen LogP contribution is 2.26. The first-order valence-corrected chi connectivity index (χ1v) is 10.8. The Morgan fingerprint density at radius 1 is 1.12 bits per heavy atom. The Morgan fingerprint density at radius 3 is 2.67 bits per heavy atom. The van der Waals surface area contributed by atoms with Crippen molar-refractivity contribution in [2.45, 2.75) is 32.3 Å². The van der Waals surface area contributed by atoms with Crippen LogP contribution in [0.3, 0.4) is 0 Å². The minimum absolute atomic E-state index is 0.0682. The lowest BCUT2D eigenvalue weighted by atomic mass is 10.1. The minimum Gasteiger partial charge on any atom is -0.474 e. The molecule has 1 aliphatic rings. The van der Waals surface area contributed by atoms with Gasteiger partial charge in [0.15, 0.2) is 0 Å². The summed E-state index contributed by atoms with van der Waals surface area (Å²) >= 11 is 0. The van der Waals surface area contributed by atoms with Gasteiger partial charge < -0.3 is 19.2 Å². The molecule has 1 saturated heterocycles. The highest BCUT2D eigenvalue weighted by Gasteiger charge is 2.26. The molecule has 0 aliphatic carbocycles. The van der Waals surface area contributed by atoms with Crippen LogP contribution in [0.2, 0.25) is 0 Å². The van der Waals surface area contributed by atoms with E-state index in [-0.39, 0.29) is 12.2 Å². The van der Waals surface area contributed by atoms with Gasteiger partial charge in [-0.15, -0.1) is 0 Å². The van der Waals surface area contributed by atoms with Crippen LogP contribution in [-0.2, 0) is 6.42 Å². The summed E-state index contributed by atoms with van der Waals surface area (Å²) in [6.07, 6.45) is 8.08. The number of hydrogen-bond donors (Lipinski definition) is 0. The van der Waals surface area contributed by atoms with Gasteiger partial charge in [0, 0.05) is 51.0 Å². The number of aromatic nitrogens is 3. The number of benzene rings is 1. The molecule has 0 N–H and O–H groups in total. The van der Waals surface area contributed by atoms with E-state index in [0.717, 1.165) is 5.56 Å². The maximum atomic E-state index is 12.4. The fraction of sp³-hybridized carbons (Fsp3) is 0.292. The number of likely N-dealkylation sites (tertiary alicyclic amines) is 1. The molecule has 1 aliphatic heterocycles. The Balaban J connectivity index is 1.27. The summed E-state index contributed by atoms with van der Waals surface area (Å²) in [6.45, 7) is 2.92. The SMILES string of the molecule is Cc1c(ON=CCc2cccnc2)ncnc1OC1CCN(C(=O)Oc2ccccc2)CC1. The van der Waals surface area contributed by atoms with Gasteiger partial charge in [0.1, 0.15) is 18.2 Å². The Kier molecular flexibility index (Phi) is 7.42. The third-order valence-corrected chi connectivity index (χ3v) is 5.18. The molecule has 9 nitrogen and oxygen atoms in total. The van der Waals surface area contributed by atoms with E-state index in [9.17, 15) is 4.79 Å². The Labute approximate surface area is 192 Å². The number of nitrogens with zero attached hydrogens (tertiary/aromatic N) is 5. The molecule has 33 heavy (non-hydrogen) atoms. The lowest BCUT2D eigenvalue weighted by Gasteiger charge is -2.31. The number of amides is 1. The molecule has 9 heteroatoms. The number of ether oxygens (including phenoxy) is 2. The van der Waals surface area contributed by atoms with Gasteiger partial charge in [-0.1, -0.05) is 29.4 Å². The number of rotatable bonds is 7. The first-order chi connectivity index (χ1) is 16.2. The Hall–Kier alpha value is -4.01. The molecule has 1 aromatic carbocycles. The molecule has 0 atom stereocenters. The van der Waals surface area contributed by atoms with Gasteiger partial charge in [0.05, 0.1) is 5.56 Å². The third-order valence-electron chi connectivity index (χ3n) is 5.18. The lowest BCUT2D eigenvalue weighted by molar-refractivity contribution is 0.0896. The lowest BCUT2D eigenvalue weighted by Crippen LogP contribution is -2.43. The van der Waals surface area contributed by atoms with Gasteiger partial charge in [-0.25, -0.2) is 9.78 Å². The van der Waals surface area contributed by atoms with E-state index in [0.29, 0.717) is 55.4 Å². The summed E-state index contributed by atoms with van der Waals surface area (Å²) in [5.74, 6) is 1.33. The molecular weight excluding hydrogens is 422 g/mol. The number of oxime groups is 1. The molecule has 170 valence electrons. The van der Waals surface area contributed by atoms with Gasteiger partial charge in [-0.3, -0.25) is 4.98 Å². The van der Waals surface area contributed by atoms with Gasteiger partial charge in [0.2, 0.25) is 5.88 Å². The smallest absolute Gasteiger partial charge is 0.415 e. The summed E-state index contributed by atoms with van der Waals surface area (Å²) in [5, 5.41) is 3.99. The van der Waals surface area contributed by atoms with Crippen molar-refractivity contribution in [3.8, 4) is 17.5 Å². The molecule has 1 amide bonds. The fourth-order valence-corrected chi connectivity index (χ4v) is 3.35. The highest BCUT2D eigenvalue weighted by molar-refractivity contribution is 5.70. The topological polar surface area (TPSA) is 99.0 Å². The molecule has 3 heterocycles. The quantitative estimate of drug-likeness (QED) is 0.401. The normalized spacial score (nSPS) is 14.3. The van der Waals surface area contributed by atoms with Crippen LogP contribution in [0.4, 0.5) is 4.79 Å². The van der Waals surface area contributed by atoms with Gasteiger partial charge in [-0.2, -0.15) is 4.98 Å². The number of carbonyl (C=O) groups excluding carboxylic acids is 1. The maximum absolute atomic E-state index is 12.4. The molecule has 2 aromatic heterocycles. The van der Waals surface area contributed by atoms with Crippen molar-refractivity contribution < 1.29 is 19.1 Å². The van der Waals surface area contributed by atoms with Crippen molar-refractivity contribution in [2.75, 3.05) is 13.1 Å². The number of pyridine rings is 1. The maximum Gasteiger partial charge on any atom is 0.415 e. The average Bonchev–Trinajstić information content (AvgIpc) is 2.85. The minimum atomic E-state index is -0.349. The van der Waals surface area contributed by atoms with Crippen LogP contribution in [0.25, 0.3) is 0 Å². The molecule has 3 aromatic rings. The molecule has 0 radical (unpaired) electrons. The van der Waals surface area contributed by atoms with Crippen LogP contribution < -0.4 is 14.3 Å². The van der Waals surface area contributed by atoms with Crippen molar-refractivity contribution in [3.05, 3.63) is 72.3 Å². The average molecular weight is 447 g/mol.